The van der Waals surface area contributed by atoms with Crippen molar-refractivity contribution in [2.24, 2.45) is 11.3 Å². The number of amides is 8. The van der Waals surface area contributed by atoms with Crippen LogP contribution in [0.3, 0.4) is 0 Å². The fourth-order valence-corrected chi connectivity index (χ4v) is 8.67. The van der Waals surface area contributed by atoms with Crippen molar-refractivity contribution in [1.82, 2.24) is 47.4 Å². The Labute approximate surface area is 402 Å². The first kappa shape index (κ1) is 51.4. The van der Waals surface area contributed by atoms with Gasteiger partial charge in [0.15, 0.2) is 5.41 Å². The van der Waals surface area contributed by atoms with Crippen LogP contribution in [0.1, 0.15) is 74.1 Å². The molecule has 3 aliphatic rings. The second kappa shape index (κ2) is 24.8. The molecule has 0 saturated carbocycles. The Morgan fingerprint density at radius 3 is 2.23 bits per heavy atom. The van der Waals surface area contributed by atoms with E-state index in [1.165, 1.54) is 11.1 Å². The number of fused-ring (bicyclic) bond motifs is 4. The smallest absolute Gasteiger partial charge is 0.407 e. The molecule has 19 nitrogen and oxygen atoms in total. The van der Waals surface area contributed by atoms with Gasteiger partial charge in [0, 0.05) is 77.5 Å². The van der Waals surface area contributed by atoms with E-state index >= 15 is 0 Å². The molecule has 1 aliphatic carbocycles. The van der Waals surface area contributed by atoms with Crippen molar-refractivity contribution < 1.29 is 47.8 Å². The van der Waals surface area contributed by atoms with Crippen LogP contribution in [0.5, 0.6) is 5.75 Å². The number of nitrogens with one attached hydrogen (secondary N) is 8. The average molecular weight is 952 g/mol. The zero-order valence-electron chi connectivity index (χ0n) is 39.6. The summed E-state index contributed by atoms with van der Waals surface area (Å²) < 4.78 is 11.6. The number of benzene rings is 3. The number of hydrogen-bond acceptors (Lipinski definition) is 11. The van der Waals surface area contributed by atoms with Gasteiger partial charge in [0.05, 0.1) is 13.2 Å². The van der Waals surface area contributed by atoms with Crippen molar-refractivity contribution in [1.29, 1.82) is 0 Å². The van der Waals surface area contributed by atoms with E-state index in [0.717, 1.165) is 47.5 Å². The standard InChI is InChI=1S/C50H65N9O10/c1-32(2)26-40-46(64)52-21-16-43(61)56-30-50(48(66)54-23-18-44(62)58-40,47(65)53-22-17-42(60)51-20-9-25-68-41-15-8-10-33-28-59(3)24-19-34(33)41)31-57-45(63)27-55-49(67)69-29-39-37-13-6-4-11-35(37)36-12-5-7-14-38(36)39/h4-8,10-15,32,39-40H,9,16-31H2,1-3H3,(H,51,60)(H,52,64)(H,53,65)(H,54,66)(H,55,67)(H,56,61)(H,57,63)(H,58,62)/t40-,50?/m0/s1. The quantitative estimate of drug-likeness (QED) is 0.0709. The molecule has 69 heavy (non-hydrogen) atoms. The number of likely N-dealkylation sites (N-methyl/N-ethyl adjacent to an activating group) is 1. The molecule has 0 radical (unpaired) electrons. The zero-order chi connectivity index (χ0) is 49.3. The van der Waals surface area contributed by atoms with Gasteiger partial charge in [-0.25, -0.2) is 4.79 Å². The van der Waals surface area contributed by atoms with E-state index in [2.05, 4.69) is 60.5 Å². The third kappa shape index (κ3) is 14.3. The van der Waals surface area contributed by atoms with Crippen molar-refractivity contribution in [3.8, 4) is 16.9 Å². The molecule has 19 heteroatoms. The predicted octanol–water partition coefficient (Wildman–Crippen LogP) is 1.38. The summed E-state index contributed by atoms with van der Waals surface area (Å²) in [5.41, 5.74) is 4.33. The maximum atomic E-state index is 14.2. The third-order valence-corrected chi connectivity index (χ3v) is 12.4. The van der Waals surface area contributed by atoms with Gasteiger partial charge in [0.25, 0.3) is 0 Å². The van der Waals surface area contributed by atoms with E-state index < -0.39 is 72.6 Å². The van der Waals surface area contributed by atoms with Crippen molar-refractivity contribution in [2.75, 3.05) is 72.6 Å². The number of carbonyl (C=O) groups is 8. The Bertz CT molecular complexity index is 2310. The minimum atomic E-state index is -2.21. The molecule has 8 N–H and O–H groups in total. The second-order valence-electron chi connectivity index (χ2n) is 18.1. The lowest BCUT2D eigenvalue weighted by atomic mass is 9.84. The molecular formula is C50H65N9O10. The Morgan fingerprint density at radius 1 is 0.783 bits per heavy atom. The van der Waals surface area contributed by atoms with E-state index in [-0.39, 0.29) is 63.2 Å². The van der Waals surface area contributed by atoms with Crippen LogP contribution < -0.4 is 47.3 Å². The summed E-state index contributed by atoms with van der Waals surface area (Å²) in [6.45, 7) is 3.83. The highest BCUT2D eigenvalue weighted by atomic mass is 16.5. The number of alkyl carbamates (subject to hydrolysis) is 1. The first-order valence-electron chi connectivity index (χ1n) is 23.7. The van der Waals surface area contributed by atoms with Crippen LogP contribution in [0, 0.1) is 11.3 Å². The molecule has 3 aromatic carbocycles. The summed E-state index contributed by atoms with van der Waals surface area (Å²) in [5, 5.41) is 20.9. The Kier molecular flexibility index (Phi) is 18.5. The molecule has 8 amide bonds. The summed E-state index contributed by atoms with van der Waals surface area (Å²) in [6.07, 6.45) is 0.224. The molecular weight excluding hydrogens is 887 g/mol. The molecule has 3 aromatic rings. The van der Waals surface area contributed by atoms with Gasteiger partial charge in [-0.1, -0.05) is 74.5 Å². The van der Waals surface area contributed by atoms with E-state index in [9.17, 15) is 38.4 Å². The van der Waals surface area contributed by atoms with E-state index in [1.54, 1.807) is 0 Å². The first-order chi connectivity index (χ1) is 33.2. The van der Waals surface area contributed by atoms with Crippen molar-refractivity contribution in [2.45, 2.75) is 70.9 Å². The van der Waals surface area contributed by atoms with Gasteiger partial charge in [0.2, 0.25) is 41.4 Å². The van der Waals surface area contributed by atoms with Crippen molar-refractivity contribution in [3.05, 3.63) is 89.0 Å². The molecule has 0 aromatic heterocycles. The van der Waals surface area contributed by atoms with Crippen LogP contribution in [0.4, 0.5) is 4.79 Å². The Hall–Kier alpha value is -7.02. The van der Waals surface area contributed by atoms with Gasteiger partial charge in [0.1, 0.15) is 18.4 Å². The highest BCUT2D eigenvalue weighted by Crippen LogP contribution is 2.44. The molecule has 1 saturated heterocycles. The van der Waals surface area contributed by atoms with Gasteiger partial charge in [-0.2, -0.15) is 0 Å². The molecule has 2 atom stereocenters. The highest BCUT2D eigenvalue weighted by molar-refractivity contribution is 6.06. The number of ether oxygens (including phenoxy) is 2. The fourth-order valence-electron chi connectivity index (χ4n) is 8.67. The SMILES string of the molecule is CC(C)C[C@@H]1NC(=O)CCNC(=O)C(CNC(=O)CNC(=O)OCC2c3ccccc3-c3ccccc32)(C(=O)NCCC(=O)NCCCOc2cccc3c2CCN(C)C3)CNC(=O)CCNC1=O. The normalized spacial score (nSPS) is 18.9. The van der Waals surface area contributed by atoms with Crippen LogP contribution in [-0.4, -0.2) is 131 Å². The zero-order valence-corrected chi connectivity index (χ0v) is 39.6. The predicted molar refractivity (Wildman–Crippen MR) is 255 cm³/mol. The number of hydrogen-bond donors (Lipinski definition) is 8. The highest BCUT2D eigenvalue weighted by Gasteiger charge is 2.46. The van der Waals surface area contributed by atoms with Gasteiger partial charge >= 0.3 is 6.09 Å². The van der Waals surface area contributed by atoms with E-state index in [0.29, 0.717) is 26.0 Å². The summed E-state index contributed by atoms with van der Waals surface area (Å²) in [7, 11) is 2.08. The average Bonchev–Trinajstić information content (AvgIpc) is 3.65. The summed E-state index contributed by atoms with van der Waals surface area (Å²) >= 11 is 0. The topological polar surface area (TPSA) is 254 Å². The van der Waals surface area contributed by atoms with Crippen molar-refractivity contribution in [3.63, 3.8) is 0 Å². The number of rotatable bonds is 17. The monoisotopic (exact) mass is 951 g/mol. The fraction of sp³-hybridized carbons (Fsp3) is 0.480. The lowest BCUT2D eigenvalue weighted by Gasteiger charge is -2.31. The molecule has 0 bridgehead atoms. The molecule has 370 valence electrons. The second-order valence-corrected chi connectivity index (χ2v) is 18.1. The molecule has 6 rings (SSSR count). The minimum absolute atomic E-state index is 0.00515. The Morgan fingerprint density at radius 2 is 1.49 bits per heavy atom. The van der Waals surface area contributed by atoms with Crippen LogP contribution in [0.15, 0.2) is 66.7 Å². The van der Waals surface area contributed by atoms with E-state index in [1.807, 2.05) is 74.5 Å². The van der Waals surface area contributed by atoms with Crippen LogP contribution in [0.2, 0.25) is 0 Å². The Balaban J connectivity index is 1.06. The lowest BCUT2D eigenvalue weighted by molar-refractivity contribution is -0.143. The third-order valence-electron chi connectivity index (χ3n) is 12.4. The van der Waals surface area contributed by atoms with Gasteiger partial charge in [-0.15, -0.1) is 0 Å². The van der Waals surface area contributed by atoms with E-state index in [4.69, 9.17) is 9.47 Å². The molecule has 1 unspecified atom stereocenters. The molecule has 2 heterocycles. The minimum Gasteiger partial charge on any atom is -0.493 e. The van der Waals surface area contributed by atoms with Gasteiger partial charge in [-0.3, -0.25) is 33.6 Å². The van der Waals surface area contributed by atoms with Gasteiger partial charge < -0.3 is 56.9 Å². The molecule has 2 aliphatic heterocycles. The van der Waals surface area contributed by atoms with Crippen LogP contribution in [0.25, 0.3) is 11.1 Å². The summed E-state index contributed by atoms with van der Waals surface area (Å²) in [6, 6.07) is 20.8. The van der Waals surface area contributed by atoms with Crippen molar-refractivity contribution >= 4 is 47.4 Å². The molecule has 1 fully saturated rings. The lowest BCUT2D eigenvalue weighted by Crippen LogP contribution is -2.62. The maximum Gasteiger partial charge on any atom is 0.407 e. The number of carbonyl (C=O) groups excluding carboxylic acids is 8. The van der Waals surface area contributed by atoms with Crippen LogP contribution in [-0.2, 0) is 51.3 Å². The maximum absolute atomic E-state index is 14.2. The van der Waals surface area contributed by atoms with Crippen LogP contribution >= 0.6 is 0 Å². The molecule has 0 spiro atoms. The number of nitrogens with zero attached hydrogens (tertiary/aromatic N) is 1. The largest absolute Gasteiger partial charge is 0.493 e. The summed E-state index contributed by atoms with van der Waals surface area (Å²) in [4.78, 5) is 109. The van der Waals surface area contributed by atoms with Gasteiger partial charge in [-0.05, 0) is 71.7 Å². The first-order valence-corrected chi connectivity index (χ1v) is 23.7. The summed E-state index contributed by atoms with van der Waals surface area (Å²) in [5.74, 6) is -3.97.